The van der Waals surface area contributed by atoms with Crippen LogP contribution in [0.1, 0.15) is 24.2 Å². The average molecular weight is 339 g/mol. The van der Waals surface area contributed by atoms with Crippen LogP contribution in [0.5, 0.6) is 0 Å². The van der Waals surface area contributed by atoms with Crippen LogP contribution in [-0.4, -0.2) is 24.4 Å². The zero-order valence-electron chi connectivity index (χ0n) is 11.7. The number of carbonyl (C=O) groups excluding carboxylic acids is 2. The minimum atomic E-state index is -0.564. The van der Waals surface area contributed by atoms with Crippen molar-refractivity contribution in [1.82, 2.24) is 10.6 Å². The van der Waals surface area contributed by atoms with E-state index in [4.69, 9.17) is 0 Å². The highest BCUT2D eigenvalue weighted by atomic mass is 79.9. The minimum absolute atomic E-state index is 0.000728. The van der Waals surface area contributed by atoms with Crippen molar-refractivity contribution in [3.63, 3.8) is 0 Å². The number of nitrogens with one attached hydrogen (secondary N) is 2. The monoisotopic (exact) mass is 338 g/mol. The fourth-order valence-electron chi connectivity index (χ4n) is 1.64. The Morgan fingerprint density at radius 2 is 1.90 bits per heavy atom. The molecule has 0 spiro atoms. The molecule has 1 aromatic rings. The molecule has 0 radical (unpaired) electrons. The molecule has 0 saturated carbocycles. The van der Waals surface area contributed by atoms with E-state index >= 15 is 0 Å². The molecular weight excluding hydrogens is 320 g/mol. The summed E-state index contributed by atoms with van der Waals surface area (Å²) in [6.45, 7) is 7.71. The van der Waals surface area contributed by atoms with Gasteiger partial charge in [-0.05, 0) is 30.2 Å². The molecule has 0 aromatic heterocycles. The molecule has 0 aliphatic carbocycles. The fourth-order valence-corrected chi connectivity index (χ4v) is 1.91. The van der Waals surface area contributed by atoms with Crippen LogP contribution in [-0.2, 0) is 4.79 Å². The number of hydrogen-bond donors (Lipinski definition) is 2. The van der Waals surface area contributed by atoms with Crippen LogP contribution >= 0.6 is 15.9 Å². The van der Waals surface area contributed by atoms with Gasteiger partial charge in [0.15, 0.2) is 0 Å². The van der Waals surface area contributed by atoms with Crippen molar-refractivity contribution in [2.24, 2.45) is 5.92 Å². The van der Waals surface area contributed by atoms with Crippen LogP contribution in [0.15, 0.2) is 41.4 Å². The van der Waals surface area contributed by atoms with Crippen molar-refractivity contribution in [3.8, 4) is 0 Å². The largest absolute Gasteiger partial charge is 0.351 e. The third kappa shape index (κ3) is 4.81. The molecule has 1 rings (SSSR count). The molecule has 5 heteroatoms. The summed E-state index contributed by atoms with van der Waals surface area (Å²) >= 11 is 3.32. The van der Waals surface area contributed by atoms with Crippen molar-refractivity contribution in [3.05, 3.63) is 47.0 Å². The Bertz CT molecular complexity index is 483. The number of rotatable bonds is 6. The first-order valence-electron chi connectivity index (χ1n) is 6.40. The molecule has 1 atom stereocenters. The zero-order chi connectivity index (χ0) is 15.1. The predicted molar refractivity (Wildman–Crippen MR) is 83.4 cm³/mol. The van der Waals surface area contributed by atoms with Crippen LogP contribution in [0.3, 0.4) is 0 Å². The maximum Gasteiger partial charge on any atom is 0.251 e. The predicted octanol–water partition coefficient (Wildman–Crippen LogP) is 2.51. The first-order valence-corrected chi connectivity index (χ1v) is 7.20. The first-order chi connectivity index (χ1) is 9.45. The lowest BCUT2D eigenvalue weighted by molar-refractivity contribution is -0.123. The van der Waals surface area contributed by atoms with Gasteiger partial charge in [0.05, 0.1) is 0 Å². The molecule has 0 saturated heterocycles. The van der Waals surface area contributed by atoms with Gasteiger partial charge in [-0.15, -0.1) is 6.58 Å². The normalized spacial score (nSPS) is 11.8. The van der Waals surface area contributed by atoms with Crippen LogP contribution < -0.4 is 10.6 Å². The first kappa shape index (κ1) is 16.4. The van der Waals surface area contributed by atoms with E-state index in [-0.39, 0.29) is 17.7 Å². The SMILES string of the molecule is C=CCNC(=O)C(NC(=O)c1ccc(Br)cc1)C(C)C. The molecule has 4 nitrogen and oxygen atoms in total. The lowest BCUT2D eigenvalue weighted by Gasteiger charge is -2.21. The lowest BCUT2D eigenvalue weighted by Crippen LogP contribution is -2.49. The van der Waals surface area contributed by atoms with Gasteiger partial charge in [-0.25, -0.2) is 0 Å². The summed E-state index contributed by atoms with van der Waals surface area (Å²) in [5.41, 5.74) is 0.523. The number of amides is 2. The number of benzene rings is 1. The molecule has 0 fully saturated rings. The van der Waals surface area contributed by atoms with Crippen molar-refractivity contribution < 1.29 is 9.59 Å². The maximum atomic E-state index is 12.1. The molecule has 0 aliphatic heterocycles. The number of hydrogen-bond acceptors (Lipinski definition) is 2. The summed E-state index contributed by atoms with van der Waals surface area (Å²) in [4.78, 5) is 24.1. The standard InChI is InChI=1S/C15H19BrN2O2/c1-4-9-17-15(20)13(10(2)3)18-14(19)11-5-7-12(16)8-6-11/h4-8,10,13H,1,9H2,2-3H3,(H,17,20)(H,18,19). The summed E-state index contributed by atoms with van der Waals surface area (Å²) in [5.74, 6) is -0.463. The second-order valence-electron chi connectivity index (χ2n) is 4.74. The molecule has 20 heavy (non-hydrogen) atoms. The fraction of sp³-hybridized carbons (Fsp3) is 0.333. The van der Waals surface area contributed by atoms with Gasteiger partial charge in [-0.2, -0.15) is 0 Å². The van der Waals surface area contributed by atoms with Gasteiger partial charge in [0.1, 0.15) is 6.04 Å². The van der Waals surface area contributed by atoms with Crippen LogP contribution in [0.2, 0.25) is 0 Å². The van der Waals surface area contributed by atoms with Gasteiger partial charge in [0.25, 0.3) is 5.91 Å². The van der Waals surface area contributed by atoms with Crippen molar-refractivity contribution in [2.75, 3.05) is 6.54 Å². The molecule has 2 amide bonds. The Hall–Kier alpha value is -1.62. The van der Waals surface area contributed by atoms with Crippen LogP contribution in [0.4, 0.5) is 0 Å². The van der Waals surface area contributed by atoms with Gasteiger partial charge < -0.3 is 10.6 Å². The Labute approximate surface area is 127 Å². The Kier molecular flexibility index (Phi) is 6.45. The van der Waals surface area contributed by atoms with E-state index in [2.05, 4.69) is 33.1 Å². The van der Waals surface area contributed by atoms with Gasteiger partial charge in [-0.3, -0.25) is 9.59 Å². The smallest absolute Gasteiger partial charge is 0.251 e. The van der Waals surface area contributed by atoms with E-state index in [1.165, 1.54) is 0 Å². The summed E-state index contributed by atoms with van der Waals surface area (Å²) in [7, 11) is 0. The van der Waals surface area contributed by atoms with Crippen LogP contribution in [0.25, 0.3) is 0 Å². The molecule has 0 aliphatic rings. The van der Waals surface area contributed by atoms with E-state index in [1.54, 1.807) is 30.3 Å². The quantitative estimate of drug-likeness (QED) is 0.783. The topological polar surface area (TPSA) is 58.2 Å². The van der Waals surface area contributed by atoms with Gasteiger partial charge in [0.2, 0.25) is 5.91 Å². The molecule has 0 heterocycles. The van der Waals surface area contributed by atoms with E-state index in [9.17, 15) is 9.59 Å². The summed E-state index contributed by atoms with van der Waals surface area (Å²) in [5, 5.41) is 5.46. The van der Waals surface area contributed by atoms with Gasteiger partial charge in [0, 0.05) is 16.6 Å². The summed E-state index contributed by atoms with van der Waals surface area (Å²) < 4.78 is 0.901. The highest BCUT2D eigenvalue weighted by molar-refractivity contribution is 9.10. The molecule has 1 aromatic carbocycles. The third-order valence-corrected chi connectivity index (χ3v) is 3.29. The second-order valence-corrected chi connectivity index (χ2v) is 5.65. The third-order valence-electron chi connectivity index (χ3n) is 2.76. The Balaban J connectivity index is 2.74. The minimum Gasteiger partial charge on any atom is -0.351 e. The molecular formula is C15H19BrN2O2. The highest BCUT2D eigenvalue weighted by Gasteiger charge is 2.24. The molecule has 0 bridgehead atoms. The Morgan fingerprint density at radius 3 is 2.40 bits per heavy atom. The van der Waals surface area contributed by atoms with Gasteiger partial charge in [-0.1, -0.05) is 35.9 Å². The maximum absolute atomic E-state index is 12.1. The molecule has 1 unspecified atom stereocenters. The number of halogens is 1. The Morgan fingerprint density at radius 1 is 1.30 bits per heavy atom. The summed E-state index contributed by atoms with van der Waals surface area (Å²) in [6.07, 6.45) is 1.60. The van der Waals surface area contributed by atoms with Crippen LogP contribution in [0, 0.1) is 5.92 Å². The summed E-state index contributed by atoms with van der Waals surface area (Å²) in [6, 6.07) is 6.43. The highest BCUT2D eigenvalue weighted by Crippen LogP contribution is 2.11. The van der Waals surface area contributed by atoms with E-state index < -0.39 is 6.04 Å². The lowest BCUT2D eigenvalue weighted by atomic mass is 10.0. The van der Waals surface area contributed by atoms with Gasteiger partial charge >= 0.3 is 0 Å². The van der Waals surface area contributed by atoms with Crippen molar-refractivity contribution in [2.45, 2.75) is 19.9 Å². The number of carbonyl (C=O) groups is 2. The van der Waals surface area contributed by atoms with E-state index in [1.807, 2.05) is 13.8 Å². The van der Waals surface area contributed by atoms with Crippen molar-refractivity contribution >= 4 is 27.7 Å². The molecule has 2 N–H and O–H groups in total. The van der Waals surface area contributed by atoms with E-state index in [0.29, 0.717) is 12.1 Å². The van der Waals surface area contributed by atoms with Crippen molar-refractivity contribution in [1.29, 1.82) is 0 Å². The zero-order valence-corrected chi connectivity index (χ0v) is 13.2. The molecule has 108 valence electrons. The van der Waals surface area contributed by atoms with E-state index in [0.717, 1.165) is 4.47 Å². The average Bonchev–Trinajstić information content (AvgIpc) is 2.42. The second kappa shape index (κ2) is 7.85.